The lowest BCUT2D eigenvalue weighted by Gasteiger charge is -2.39. The Morgan fingerprint density at radius 1 is 1.04 bits per heavy atom. The first-order chi connectivity index (χ1) is 12.6. The van der Waals surface area contributed by atoms with Crippen LogP contribution in [0.25, 0.3) is 0 Å². The minimum atomic E-state index is -0.246. The van der Waals surface area contributed by atoms with E-state index in [-0.39, 0.29) is 11.9 Å². The highest BCUT2D eigenvalue weighted by atomic mass is 32.1. The predicted molar refractivity (Wildman–Crippen MR) is 107 cm³/mol. The van der Waals surface area contributed by atoms with E-state index >= 15 is 0 Å². The molecular weight excluding hydrogens is 345 g/mol. The summed E-state index contributed by atoms with van der Waals surface area (Å²) in [4.78, 5) is 2.08. The number of fused-ring (bicyclic) bond motifs is 1. The summed E-state index contributed by atoms with van der Waals surface area (Å²) in [6, 6.07) is 18.8. The van der Waals surface area contributed by atoms with E-state index in [1.165, 1.54) is 6.07 Å². The van der Waals surface area contributed by atoms with Gasteiger partial charge in [0.25, 0.3) is 0 Å². The van der Waals surface area contributed by atoms with Crippen molar-refractivity contribution in [2.24, 2.45) is 0 Å². The van der Waals surface area contributed by atoms with Crippen LogP contribution in [0, 0.1) is 12.7 Å². The Bertz CT molecular complexity index is 950. The Kier molecular flexibility index (Phi) is 4.47. The molecule has 2 heterocycles. The van der Waals surface area contributed by atoms with E-state index in [0.717, 1.165) is 30.0 Å². The Balaban J connectivity index is 1.71. The van der Waals surface area contributed by atoms with Crippen LogP contribution in [-0.4, -0.2) is 21.1 Å². The summed E-state index contributed by atoms with van der Waals surface area (Å²) in [5, 5.41) is 3.96. The number of aryl methyl sites for hydroxylation is 1. The molecule has 5 heteroatoms. The van der Waals surface area contributed by atoms with Gasteiger partial charge in [-0.2, -0.15) is 0 Å². The highest BCUT2D eigenvalue weighted by Crippen LogP contribution is 2.34. The zero-order valence-corrected chi connectivity index (χ0v) is 15.3. The van der Waals surface area contributed by atoms with E-state index in [9.17, 15) is 4.39 Å². The van der Waals surface area contributed by atoms with Crippen LogP contribution in [0.1, 0.15) is 22.9 Å². The van der Waals surface area contributed by atoms with Crippen molar-refractivity contribution in [3.05, 3.63) is 89.5 Å². The number of rotatable bonds is 2. The van der Waals surface area contributed by atoms with Crippen LogP contribution in [0.3, 0.4) is 0 Å². The van der Waals surface area contributed by atoms with Gasteiger partial charge in [-0.05, 0) is 49.0 Å². The number of aromatic nitrogens is 1. The molecule has 0 saturated carbocycles. The van der Waals surface area contributed by atoms with Crippen LogP contribution < -0.4 is 5.32 Å². The lowest BCUT2D eigenvalue weighted by Crippen LogP contribution is -2.44. The monoisotopic (exact) mass is 365 g/mol. The van der Waals surface area contributed by atoms with Gasteiger partial charge in [0.2, 0.25) is 0 Å². The second kappa shape index (κ2) is 6.92. The van der Waals surface area contributed by atoms with Crippen LogP contribution in [-0.2, 0) is 6.54 Å². The highest BCUT2D eigenvalue weighted by molar-refractivity contribution is 7.80. The predicted octanol–water partition coefficient (Wildman–Crippen LogP) is 4.74. The van der Waals surface area contributed by atoms with E-state index in [2.05, 4.69) is 14.8 Å². The molecule has 0 saturated heterocycles. The van der Waals surface area contributed by atoms with Crippen molar-refractivity contribution in [2.45, 2.75) is 19.5 Å². The van der Waals surface area contributed by atoms with Gasteiger partial charge in [-0.1, -0.05) is 36.4 Å². The summed E-state index contributed by atoms with van der Waals surface area (Å²) in [5.74, 6) is -0.212. The van der Waals surface area contributed by atoms with Gasteiger partial charge >= 0.3 is 0 Å². The molecule has 0 amide bonds. The molecule has 0 spiro atoms. The Hall–Kier alpha value is -2.66. The molecule has 132 valence electrons. The van der Waals surface area contributed by atoms with Crippen molar-refractivity contribution in [1.29, 1.82) is 0 Å². The van der Waals surface area contributed by atoms with E-state index < -0.39 is 0 Å². The van der Waals surface area contributed by atoms with Crippen molar-refractivity contribution in [2.75, 3.05) is 11.9 Å². The fourth-order valence-corrected chi connectivity index (χ4v) is 3.83. The molecule has 26 heavy (non-hydrogen) atoms. The molecule has 1 aliphatic rings. The van der Waals surface area contributed by atoms with E-state index in [0.29, 0.717) is 10.7 Å². The van der Waals surface area contributed by atoms with E-state index in [1.54, 1.807) is 6.07 Å². The molecule has 0 fully saturated rings. The minimum absolute atomic E-state index is 0.212. The third-order valence-corrected chi connectivity index (χ3v) is 5.22. The number of hydrogen-bond acceptors (Lipinski definition) is 1. The van der Waals surface area contributed by atoms with Crippen molar-refractivity contribution >= 4 is 23.0 Å². The molecular formula is C21H20FN3S. The van der Waals surface area contributed by atoms with Crippen molar-refractivity contribution in [1.82, 2.24) is 9.47 Å². The third-order valence-electron chi connectivity index (χ3n) is 4.89. The molecule has 1 aliphatic heterocycles. The van der Waals surface area contributed by atoms with Crippen LogP contribution >= 0.6 is 12.2 Å². The van der Waals surface area contributed by atoms with E-state index in [4.69, 9.17) is 12.2 Å². The molecule has 4 rings (SSSR count). The third kappa shape index (κ3) is 2.99. The Morgan fingerprint density at radius 3 is 2.62 bits per heavy atom. The quantitative estimate of drug-likeness (QED) is 0.663. The maximum Gasteiger partial charge on any atom is 0.174 e. The number of anilines is 1. The second-order valence-electron chi connectivity index (χ2n) is 6.49. The zero-order chi connectivity index (χ0) is 18.1. The summed E-state index contributed by atoms with van der Waals surface area (Å²) in [6.45, 7) is 3.59. The second-order valence-corrected chi connectivity index (χ2v) is 6.88. The van der Waals surface area contributed by atoms with Crippen LogP contribution in [0.15, 0.2) is 66.9 Å². The molecule has 3 nitrogen and oxygen atoms in total. The smallest absolute Gasteiger partial charge is 0.174 e. The first-order valence-corrected chi connectivity index (χ1v) is 9.08. The van der Waals surface area contributed by atoms with Crippen molar-refractivity contribution in [3.8, 4) is 0 Å². The largest absolute Gasteiger partial charge is 0.348 e. The van der Waals surface area contributed by atoms with Gasteiger partial charge in [-0.3, -0.25) is 0 Å². The van der Waals surface area contributed by atoms with Gasteiger partial charge in [0.05, 0.1) is 6.04 Å². The number of thiocarbonyl (C=S) groups is 1. The van der Waals surface area contributed by atoms with Crippen molar-refractivity contribution in [3.63, 3.8) is 0 Å². The maximum absolute atomic E-state index is 14.6. The fourth-order valence-electron chi connectivity index (χ4n) is 3.53. The van der Waals surface area contributed by atoms with Gasteiger partial charge in [0, 0.05) is 36.2 Å². The van der Waals surface area contributed by atoms with Gasteiger partial charge in [0.1, 0.15) is 5.82 Å². The van der Waals surface area contributed by atoms with Crippen LogP contribution in [0.5, 0.6) is 0 Å². The molecule has 0 aliphatic carbocycles. The lowest BCUT2D eigenvalue weighted by atomic mass is 10.00. The van der Waals surface area contributed by atoms with Gasteiger partial charge in [0.15, 0.2) is 5.11 Å². The van der Waals surface area contributed by atoms with Crippen molar-refractivity contribution < 1.29 is 4.39 Å². The number of nitrogens with one attached hydrogen (secondary N) is 1. The molecule has 1 unspecified atom stereocenters. The standard InChI is InChI=1S/C21H20FN3S/c1-15-7-2-5-10-18(15)23-21(26)25-14-13-24-12-6-11-19(24)20(25)16-8-3-4-9-17(16)22/h2-12,20H,13-14H2,1H3,(H,23,26). The number of halogens is 1. The molecule has 1 N–H and O–H groups in total. The summed E-state index contributed by atoms with van der Waals surface area (Å²) in [6.07, 6.45) is 2.04. The van der Waals surface area contributed by atoms with Gasteiger partial charge in [-0.15, -0.1) is 0 Å². The Labute approximate surface area is 158 Å². The molecule has 1 atom stereocenters. The number of nitrogens with zero attached hydrogens (tertiary/aromatic N) is 2. The van der Waals surface area contributed by atoms with Crippen LogP contribution in [0.4, 0.5) is 10.1 Å². The van der Waals surface area contributed by atoms with Gasteiger partial charge in [-0.25, -0.2) is 4.39 Å². The van der Waals surface area contributed by atoms with E-state index in [1.807, 2.05) is 61.7 Å². The first kappa shape index (κ1) is 16.8. The number of benzene rings is 2. The Morgan fingerprint density at radius 2 is 1.81 bits per heavy atom. The summed E-state index contributed by atoms with van der Waals surface area (Å²) >= 11 is 5.72. The topological polar surface area (TPSA) is 20.2 Å². The maximum atomic E-state index is 14.6. The summed E-state index contributed by atoms with van der Waals surface area (Å²) in [7, 11) is 0. The van der Waals surface area contributed by atoms with Crippen LogP contribution in [0.2, 0.25) is 0 Å². The normalized spacial score (nSPS) is 16.2. The fraction of sp³-hybridized carbons (Fsp3) is 0.190. The molecule has 0 bridgehead atoms. The number of hydrogen-bond donors (Lipinski definition) is 1. The SMILES string of the molecule is Cc1ccccc1NC(=S)N1CCn2cccc2C1c1ccccc1F. The number of para-hydroxylation sites is 1. The summed E-state index contributed by atoms with van der Waals surface area (Å²) < 4.78 is 16.8. The summed E-state index contributed by atoms with van der Waals surface area (Å²) in [5.41, 5.74) is 3.79. The lowest BCUT2D eigenvalue weighted by molar-refractivity contribution is 0.288. The first-order valence-electron chi connectivity index (χ1n) is 8.68. The average molecular weight is 365 g/mol. The molecule has 3 aromatic rings. The molecule has 2 aromatic carbocycles. The zero-order valence-electron chi connectivity index (χ0n) is 14.5. The van der Waals surface area contributed by atoms with Gasteiger partial charge < -0.3 is 14.8 Å². The average Bonchev–Trinajstić information content (AvgIpc) is 3.12. The highest BCUT2D eigenvalue weighted by Gasteiger charge is 2.32. The molecule has 0 radical (unpaired) electrons. The minimum Gasteiger partial charge on any atom is -0.348 e. The molecule has 1 aromatic heterocycles.